The number of esters is 1. The third-order valence-corrected chi connectivity index (χ3v) is 9.28. The lowest BCUT2D eigenvalue weighted by molar-refractivity contribution is 0.0526. The minimum absolute atomic E-state index is 0.128. The minimum Gasteiger partial charge on any atom is -0.497 e. The van der Waals surface area contributed by atoms with Crippen LogP contribution in [0.25, 0.3) is 10.9 Å². The average Bonchev–Trinajstić information content (AvgIpc) is 3.22. The van der Waals surface area contributed by atoms with E-state index in [-0.39, 0.29) is 16.4 Å². The number of hydrogen-bond acceptors (Lipinski definition) is 9. The molecule has 4 rings (SSSR count). The lowest BCUT2D eigenvalue weighted by Crippen LogP contribution is -2.37. The molecule has 0 bridgehead atoms. The van der Waals surface area contributed by atoms with Crippen molar-refractivity contribution in [1.29, 1.82) is 0 Å². The Kier molecular flexibility index (Phi) is 9.99. The maximum absolute atomic E-state index is 14.0. The standard InChI is InChI=1S/C30H40N4O5S/c1-5-32(6-2)17-18-33-15-8-16-34(20-19-33)29-26-21-23(30(35)39-7-3)9-14-27(26)31-22-28(29)40(36,37)25-12-10-24(38-4)11-13-25/h9-14,21-22H,5-8,15-20H2,1-4H3. The Bertz CT molecular complexity index is 1410. The molecule has 0 spiro atoms. The van der Waals surface area contributed by atoms with Crippen molar-refractivity contribution in [2.75, 3.05) is 71.0 Å². The number of benzene rings is 2. The van der Waals surface area contributed by atoms with Crippen LogP contribution in [0, 0.1) is 0 Å². The summed E-state index contributed by atoms with van der Waals surface area (Å²) in [7, 11) is -2.39. The summed E-state index contributed by atoms with van der Waals surface area (Å²) in [6, 6.07) is 11.5. The van der Waals surface area contributed by atoms with Crippen molar-refractivity contribution in [3.8, 4) is 5.75 Å². The number of likely N-dealkylation sites (N-methyl/N-ethyl adjacent to an activating group) is 1. The van der Waals surface area contributed by atoms with Gasteiger partial charge in [-0.3, -0.25) is 4.98 Å². The molecule has 9 nitrogen and oxygen atoms in total. The molecular weight excluding hydrogens is 528 g/mol. The van der Waals surface area contributed by atoms with E-state index >= 15 is 0 Å². The maximum atomic E-state index is 14.0. The number of nitrogens with zero attached hydrogens (tertiary/aromatic N) is 4. The first-order chi connectivity index (χ1) is 19.3. The Morgan fingerprint density at radius 2 is 1.75 bits per heavy atom. The average molecular weight is 569 g/mol. The van der Waals surface area contributed by atoms with E-state index in [4.69, 9.17) is 9.47 Å². The highest BCUT2D eigenvalue weighted by Gasteiger charge is 2.29. The molecule has 2 heterocycles. The molecule has 1 fully saturated rings. The number of carbonyl (C=O) groups excluding carboxylic acids is 1. The normalized spacial score (nSPS) is 14.9. The van der Waals surface area contributed by atoms with E-state index in [1.807, 2.05) is 0 Å². The largest absolute Gasteiger partial charge is 0.497 e. The van der Waals surface area contributed by atoms with Gasteiger partial charge in [0.05, 0.1) is 35.4 Å². The van der Waals surface area contributed by atoms with Gasteiger partial charge in [-0.15, -0.1) is 0 Å². The van der Waals surface area contributed by atoms with E-state index in [2.05, 4.69) is 33.5 Å². The molecule has 10 heteroatoms. The van der Waals surface area contributed by atoms with Crippen LogP contribution in [0.15, 0.2) is 58.5 Å². The number of ether oxygens (including phenoxy) is 2. The fourth-order valence-electron chi connectivity index (χ4n) is 5.15. The number of anilines is 1. The number of sulfone groups is 1. The molecule has 216 valence electrons. The molecule has 40 heavy (non-hydrogen) atoms. The Morgan fingerprint density at radius 3 is 2.42 bits per heavy atom. The third kappa shape index (κ3) is 6.56. The Hall–Kier alpha value is -3.21. The number of fused-ring (bicyclic) bond motifs is 1. The second kappa shape index (κ2) is 13.4. The number of rotatable bonds is 11. The van der Waals surface area contributed by atoms with E-state index in [0.717, 1.165) is 45.7 Å². The highest BCUT2D eigenvalue weighted by Crippen LogP contribution is 2.37. The fourth-order valence-corrected chi connectivity index (χ4v) is 6.58. The first kappa shape index (κ1) is 29.8. The maximum Gasteiger partial charge on any atom is 0.338 e. The van der Waals surface area contributed by atoms with Crippen LogP contribution in [0.4, 0.5) is 5.69 Å². The van der Waals surface area contributed by atoms with Crippen molar-refractivity contribution >= 4 is 32.4 Å². The Labute approximate surface area is 237 Å². The molecule has 0 radical (unpaired) electrons. The van der Waals surface area contributed by atoms with Gasteiger partial charge in [-0.1, -0.05) is 13.8 Å². The molecule has 2 aromatic carbocycles. The zero-order valence-electron chi connectivity index (χ0n) is 23.9. The van der Waals surface area contributed by atoms with Crippen molar-refractivity contribution in [2.24, 2.45) is 0 Å². The molecule has 1 aliphatic rings. The summed E-state index contributed by atoms with van der Waals surface area (Å²) in [6.07, 6.45) is 2.34. The van der Waals surface area contributed by atoms with E-state index in [9.17, 15) is 13.2 Å². The van der Waals surface area contributed by atoms with E-state index < -0.39 is 15.8 Å². The molecule has 0 atom stereocenters. The van der Waals surface area contributed by atoms with Gasteiger partial charge in [-0.25, -0.2) is 13.2 Å². The number of hydrogen-bond donors (Lipinski definition) is 0. The summed E-state index contributed by atoms with van der Waals surface area (Å²) in [4.78, 5) is 24.4. The minimum atomic E-state index is -3.93. The molecule has 0 aliphatic carbocycles. The van der Waals surface area contributed by atoms with Crippen molar-refractivity contribution < 1.29 is 22.7 Å². The monoisotopic (exact) mass is 568 g/mol. The van der Waals surface area contributed by atoms with Gasteiger partial charge in [0.25, 0.3) is 0 Å². The topological polar surface area (TPSA) is 92.3 Å². The zero-order chi connectivity index (χ0) is 28.7. The summed E-state index contributed by atoms with van der Waals surface area (Å²) in [5.41, 5.74) is 1.57. The molecule has 0 N–H and O–H groups in total. The summed E-state index contributed by atoms with van der Waals surface area (Å²) >= 11 is 0. The first-order valence-electron chi connectivity index (χ1n) is 14.0. The predicted octanol–water partition coefficient (Wildman–Crippen LogP) is 4.11. The van der Waals surface area contributed by atoms with Crippen molar-refractivity contribution in [1.82, 2.24) is 14.8 Å². The Morgan fingerprint density at radius 1 is 1.00 bits per heavy atom. The van der Waals surface area contributed by atoms with Gasteiger partial charge >= 0.3 is 5.97 Å². The molecule has 0 unspecified atom stereocenters. The number of aromatic nitrogens is 1. The molecule has 1 saturated heterocycles. The molecule has 0 saturated carbocycles. The molecule has 0 amide bonds. The van der Waals surface area contributed by atoms with Gasteiger partial charge in [0.1, 0.15) is 10.6 Å². The van der Waals surface area contributed by atoms with Crippen LogP contribution in [-0.4, -0.2) is 95.2 Å². The van der Waals surface area contributed by atoms with Crippen LogP contribution < -0.4 is 9.64 Å². The molecule has 1 aliphatic heterocycles. The highest BCUT2D eigenvalue weighted by molar-refractivity contribution is 7.91. The van der Waals surface area contributed by atoms with Gasteiger partial charge in [0, 0.05) is 44.3 Å². The molecular formula is C30H40N4O5S. The van der Waals surface area contributed by atoms with Crippen LogP contribution in [0.1, 0.15) is 37.6 Å². The van der Waals surface area contributed by atoms with Crippen LogP contribution in [0.3, 0.4) is 0 Å². The number of methoxy groups -OCH3 is 1. The SMILES string of the molecule is CCOC(=O)c1ccc2ncc(S(=O)(=O)c3ccc(OC)cc3)c(N3CCCN(CCN(CC)CC)CC3)c2c1. The lowest BCUT2D eigenvalue weighted by atomic mass is 10.1. The van der Waals surface area contributed by atoms with Crippen LogP contribution in [0.2, 0.25) is 0 Å². The molecule has 1 aromatic heterocycles. The van der Waals surface area contributed by atoms with Gasteiger partial charge in [-0.05, 0) is 75.4 Å². The fraction of sp³-hybridized carbons (Fsp3) is 0.467. The number of pyridine rings is 1. The molecule has 3 aromatic rings. The summed E-state index contributed by atoms with van der Waals surface area (Å²) < 4.78 is 38.5. The summed E-state index contributed by atoms with van der Waals surface area (Å²) in [5, 5.41) is 0.622. The predicted molar refractivity (Wildman–Crippen MR) is 157 cm³/mol. The highest BCUT2D eigenvalue weighted by atomic mass is 32.2. The van der Waals surface area contributed by atoms with E-state index in [1.165, 1.54) is 6.20 Å². The van der Waals surface area contributed by atoms with Crippen LogP contribution in [-0.2, 0) is 14.6 Å². The van der Waals surface area contributed by atoms with Gasteiger partial charge in [-0.2, -0.15) is 0 Å². The van der Waals surface area contributed by atoms with E-state index in [1.54, 1.807) is 56.5 Å². The Balaban J connectivity index is 1.78. The van der Waals surface area contributed by atoms with E-state index in [0.29, 0.717) is 41.0 Å². The van der Waals surface area contributed by atoms with Crippen LogP contribution >= 0.6 is 0 Å². The van der Waals surface area contributed by atoms with Gasteiger partial charge in [0.15, 0.2) is 0 Å². The van der Waals surface area contributed by atoms with Gasteiger partial charge in [0.2, 0.25) is 9.84 Å². The van der Waals surface area contributed by atoms with Crippen molar-refractivity contribution in [3.63, 3.8) is 0 Å². The zero-order valence-corrected chi connectivity index (χ0v) is 24.7. The van der Waals surface area contributed by atoms with Gasteiger partial charge < -0.3 is 24.2 Å². The second-order valence-electron chi connectivity index (χ2n) is 9.81. The lowest BCUT2D eigenvalue weighted by Gasteiger charge is -2.28. The number of carbonyl (C=O) groups is 1. The second-order valence-corrected chi connectivity index (χ2v) is 11.7. The van der Waals surface area contributed by atoms with Crippen molar-refractivity contribution in [3.05, 3.63) is 54.2 Å². The van der Waals surface area contributed by atoms with Crippen molar-refractivity contribution in [2.45, 2.75) is 37.0 Å². The first-order valence-corrected chi connectivity index (χ1v) is 15.5. The van der Waals surface area contributed by atoms with Crippen LogP contribution in [0.5, 0.6) is 5.75 Å². The smallest absolute Gasteiger partial charge is 0.338 e. The quantitative estimate of drug-likeness (QED) is 0.317. The summed E-state index contributed by atoms with van der Waals surface area (Å²) in [5.74, 6) is 0.129. The third-order valence-electron chi connectivity index (χ3n) is 7.51. The summed E-state index contributed by atoms with van der Waals surface area (Å²) in [6.45, 7) is 13.5.